The molecule has 0 saturated carbocycles. The van der Waals surface area contributed by atoms with Crippen molar-refractivity contribution in [2.75, 3.05) is 0 Å². The second-order valence-corrected chi connectivity index (χ2v) is 5.60. The van der Waals surface area contributed by atoms with Crippen molar-refractivity contribution in [3.05, 3.63) is 39.3 Å². The summed E-state index contributed by atoms with van der Waals surface area (Å²) in [6.07, 6.45) is 1.97. The van der Waals surface area contributed by atoms with Gasteiger partial charge in [-0.3, -0.25) is 9.48 Å². The molecule has 2 rings (SSSR count). The number of aryl methyl sites for hydroxylation is 2. The highest BCUT2D eigenvalue weighted by Crippen LogP contribution is 2.16. The number of hydrogen-bond acceptors (Lipinski definition) is 3. The maximum Gasteiger partial charge on any atom is 0.138 e. The van der Waals surface area contributed by atoms with Crippen LogP contribution in [0.1, 0.15) is 28.2 Å². The van der Waals surface area contributed by atoms with Crippen molar-refractivity contribution >= 4 is 17.1 Å². The van der Waals surface area contributed by atoms with Crippen LogP contribution < -0.4 is 0 Å². The maximum atomic E-state index is 11.9. The van der Waals surface area contributed by atoms with Gasteiger partial charge in [-0.05, 0) is 37.3 Å². The van der Waals surface area contributed by atoms with Gasteiger partial charge in [0.1, 0.15) is 5.78 Å². The minimum absolute atomic E-state index is 0.306. The van der Waals surface area contributed by atoms with E-state index >= 15 is 0 Å². The van der Waals surface area contributed by atoms with Crippen LogP contribution in [0.4, 0.5) is 0 Å². The zero-order valence-corrected chi connectivity index (χ0v) is 11.9. The Balaban J connectivity index is 1.93. The Hall–Kier alpha value is -1.42. The Morgan fingerprint density at radius 1 is 1.44 bits per heavy atom. The fourth-order valence-electron chi connectivity index (χ4n) is 2.14. The molecule has 0 aliphatic carbocycles. The predicted octanol–water partition coefficient (Wildman–Crippen LogP) is 2.84. The average molecular weight is 262 g/mol. The Kier molecular flexibility index (Phi) is 3.97. The second-order valence-electron chi connectivity index (χ2n) is 4.57. The van der Waals surface area contributed by atoms with E-state index in [9.17, 15) is 4.79 Å². The number of carbonyl (C=O) groups excluding carboxylic acids is 1. The molecule has 0 fully saturated rings. The maximum absolute atomic E-state index is 11.9. The van der Waals surface area contributed by atoms with E-state index in [0.717, 1.165) is 22.7 Å². The molecule has 2 heterocycles. The van der Waals surface area contributed by atoms with Gasteiger partial charge in [0.05, 0.1) is 5.69 Å². The van der Waals surface area contributed by atoms with Gasteiger partial charge in [-0.15, -0.1) is 11.3 Å². The topological polar surface area (TPSA) is 34.9 Å². The molecule has 0 radical (unpaired) electrons. The summed E-state index contributed by atoms with van der Waals surface area (Å²) in [6, 6.07) is 4.01. The average Bonchev–Trinajstić information content (AvgIpc) is 2.88. The zero-order chi connectivity index (χ0) is 13.1. The number of ketones is 1. The van der Waals surface area contributed by atoms with Crippen LogP contribution in [0.3, 0.4) is 0 Å². The molecule has 2 aromatic rings. The van der Waals surface area contributed by atoms with Crippen molar-refractivity contribution in [3.63, 3.8) is 0 Å². The predicted molar refractivity (Wildman–Crippen MR) is 74.0 cm³/mol. The molecule has 0 aliphatic rings. The standard InChI is InChI=1S/C14H18N2OS/c1-10-14(11(2)16(3)15-10)7-6-12(17)9-13-5-4-8-18-13/h4-5,8H,6-7,9H2,1-3H3. The third-order valence-electron chi connectivity index (χ3n) is 3.26. The fraction of sp³-hybridized carbons (Fsp3) is 0.429. The van der Waals surface area contributed by atoms with Gasteiger partial charge in [0.15, 0.2) is 0 Å². The third kappa shape index (κ3) is 2.88. The normalized spacial score (nSPS) is 10.8. The summed E-state index contributed by atoms with van der Waals surface area (Å²) < 4.78 is 1.88. The molecule has 96 valence electrons. The van der Waals surface area contributed by atoms with E-state index in [2.05, 4.69) is 12.0 Å². The molecule has 3 nitrogen and oxygen atoms in total. The van der Waals surface area contributed by atoms with Gasteiger partial charge in [0.2, 0.25) is 0 Å². The molecule has 0 unspecified atom stereocenters. The first kappa shape index (κ1) is 13.0. The number of nitrogens with zero attached hydrogens (tertiary/aromatic N) is 2. The monoisotopic (exact) mass is 262 g/mol. The van der Waals surface area contributed by atoms with Crippen LogP contribution in [-0.2, 0) is 24.7 Å². The quantitative estimate of drug-likeness (QED) is 0.830. The molecule has 0 spiro atoms. The number of Topliss-reactive ketones (excluding diaryl/α,β-unsaturated/α-hetero) is 1. The lowest BCUT2D eigenvalue weighted by Gasteiger charge is -2.01. The van der Waals surface area contributed by atoms with Gasteiger partial charge in [0, 0.05) is 30.5 Å². The largest absolute Gasteiger partial charge is 0.299 e. The number of carbonyl (C=O) groups is 1. The van der Waals surface area contributed by atoms with Crippen LogP contribution in [0.5, 0.6) is 0 Å². The minimum atomic E-state index is 0.306. The smallest absolute Gasteiger partial charge is 0.138 e. The van der Waals surface area contributed by atoms with Crippen molar-refractivity contribution in [2.45, 2.75) is 33.1 Å². The summed E-state index contributed by atoms with van der Waals surface area (Å²) in [4.78, 5) is 13.0. The lowest BCUT2D eigenvalue weighted by atomic mass is 10.0. The summed E-state index contributed by atoms with van der Waals surface area (Å²) in [5.41, 5.74) is 3.42. The molecule has 0 aliphatic heterocycles. The number of hydrogen-bond donors (Lipinski definition) is 0. The van der Waals surface area contributed by atoms with Crippen LogP contribution in [0.25, 0.3) is 0 Å². The summed E-state index contributed by atoms with van der Waals surface area (Å²) in [6.45, 7) is 4.06. The van der Waals surface area contributed by atoms with Crippen molar-refractivity contribution in [1.82, 2.24) is 9.78 Å². The lowest BCUT2D eigenvalue weighted by molar-refractivity contribution is -0.118. The van der Waals surface area contributed by atoms with Gasteiger partial charge in [0.25, 0.3) is 0 Å². The first-order valence-corrected chi connectivity index (χ1v) is 6.99. The van der Waals surface area contributed by atoms with Crippen LogP contribution in [0, 0.1) is 13.8 Å². The highest BCUT2D eigenvalue weighted by Gasteiger charge is 2.11. The van der Waals surface area contributed by atoms with Gasteiger partial charge in [-0.25, -0.2) is 0 Å². The fourth-order valence-corrected chi connectivity index (χ4v) is 2.87. The lowest BCUT2D eigenvalue weighted by Crippen LogP contribution is -2.04. The summed E-state index contributed by atoms with van der Waals surface area (Å²) in [5.74, 6) is 0.306. The van der Waals surface area contributed by atoms with E-state index in [0.29, 0.717) is 18.6 Å². The van der Waals surface area contributed by atoms with Crippen molar-refractivity contribution < 1.29 is 4.79 Å². The molecule has 0 N–H and O–H groups in total. The third-order valence-corrected chi connectivity index (χ3v) is 4.14. The molecule has 18 heavy (non-hydrogen) atoms. The van der Waals surface area contributed by atoms with Gasteiger partial charge < -0.3 is 0 Å². The Morgan fingerprint density at radius 3 is 2.78 bits per heavy atom. The minimum Gasteiger partial charge on any atom is -0.299 e. The van der Waals surface area contributed by atoms with Gasteiger partial charge in [-0.1, -0.05) is 6.07 Å². The molecular formula is C14H18N2OS. The summed E-state index contributed by atoms with van der Waals surface area (Å²) >= 11 is 1.65. The molecule has 4 heteroatoms. The van der Waals surface area contributed by atoms with Crippen molar-refractivity contribution in [1.29, 1.82) is 0 Å². The first-order valence-electron chi connectivity index (χ1n) is 6.11. The van der Waals surface area contributed by atoms with E-state index < -0.39 is 0 Å². The SMILES string of the molecule is Cc1nn(C)c(C)c1CCC(=O)Cc1cccs1. The number of aromatic nitrogens is 2. The van der Waals surface area contributed by atoms with Crippen molar-refractivity contribution in [3.8, 4) is 0 Å². The first-order chi connectivity index (χ1) is 8.58. The van der Waals surface area contributed by atoms with Crippen LogP contribution in [-0.4, -0.2) is 15.6 Å². The highest BCUT2D eigenvalue weighted by atomic mass is 32.1. The summed E-state index contributed by atoms with van der Waals surface area (Å²) in [5, 5.41) is 6.38. The van der Waals surface area contributed by atoms with Crippen LogP contribution in [0.2, 0.25) is 0 Å². The Labute approximate surface area is 111 Å². The molecule has 0 aromatic carbocycles. The molecule has 2 aromatic heterocycles. The van der Waals surface area contributed by atoms with Gasteiger partial charge >= 0.3 is 0 Å². The van der Waals surface area contributed by atoms with E-state index in [4.69, 9.17) is 0 Å². The molecule has 0 atom stereocenters. The molecule has 0 saturated heterocycles. The van der Waals surface area contributed by atoms with Gasteiger partial charge in [-0.2, -0.15) is 5.10 Å². The zero-order valence-electron chi connectivity index (χ0n) is 11.1. The Bertz CT molecular complexity index is 540. The van der Waals surface area contributed by atoms with E-state index in [1.807, 2.05) is 36.2 Å². The molecule has 0 bridgehead atoms. The van der Waals surface area contributed by atoms with Crippen LogP contribution >= 0.6 is 11.3 Å². The molecule has 0 amide bonds. The highest BCUT2D eigenvalue weighted by molar-refractivity contribution is 7.10. The summed E-state index contributed by atoms with van der Waals surface area (Å²) in [7, 11) is 1.94. The molecular weight excluding hydrogens is 244 g/mol. The number of rotatable bonds is 5. The van der Waals surface area contributed by atoms with Crippen LogP contribution in [0.15, 0.2) is 17.5 Å². The Morgan fingerprint density at radius 2 is 2.22 bits per heavy atom. The second kappa shape index (κ2) is 5.48. The van der Waals surface area contributed by atoms with E-state index in [1.54, 1.807) is 11.3 Å². The van der Waals surface area contributed by atoms with E-state index in [1.165, 1.54) is 5.56 Å². The number of thiophene rings is 1. The van der Waals surface area contributed by atoms with Crippen molar-refractivity contribution in [2.24, 2.45) is 7.05 Å². The van der Waals surface area contributed by atoms with E-state index in [-0.39, 0.29) is 0 Å².